The monoisotopic (exact) mass is 540 g/mol. The van der Waals surface area contributed by atoms with Crippen LogP contribution in [0.2, 0.25) is 0 Å². The van der Waals surface area contributed by atoms with Crippen molar-refractivity contribution in [3.8, 4) is 5.75 Å². The van der Waals surface area contributed by atoms with Gasteiger partial charge < -0.3 is 19.4 Å². The molecule has 5 rings (SSSR count). The van der Waals surface area contributed by atoms with Crippen LogP contribution in [0.1, 0.15) is 32.3 Å². The number of ether oxygens (including phenoxy) is 1. The maximum atomic E-state index is 13.4. The first-order chi connectivity index (χ1) is 18.2. The van der Waals surface area contributed by atoms with Gasteiger partial charge in [-0.1, -0.05) is 6.07 Å². The normalized spacial score (nSPS) is 20.9. The van der Waals surface area contributed by atoms with Crippen molar-refractivity contribution in [1.29, 1.82) is 0 Å². The van der Waals surface area contributed by atoms with Crippen molar-refractivity contribution in [3.05, 3.63) is 48.0 Å². The van der Waals surface area contributed by atoms with Crippen LogP contribution in [-0.4, -0.2) is 81.9 Å². The third-order valence-electron chi connectivity index (χ3n) is 8.06. The van der Waals surface area contributed by atoms with E-state index < -0.39 is 10.0 Å². The Balaban J connectivity index is 1.17. The molecule has 204 valence electrons. The maximum absolute atomic E-state index is 13.4. The van der Waals surface area contributed by atoms with Crippen LogP contribution in [0.25, 0.3) is 0 Å². The van der Waals surface area contributed by atoms with E-state index in [2.05, 4.69) is 11.0 Å². The van der Waals surface area contributed by atoms with Gasteiger partial charge in [0, 0.05) is 75.6 Å². The number of piperidine rings is 1. The number of fused-ring (bicyclic) bond motifs is 1. The Morgan fingerprint density at radius 2 is 1.66 bits per heavy atom. The summed E-state index contributed by atoms with van der Waals surface area (Å²) in [6, 6.07) is 13.0. The minimum absolute atomic E-state index is 0.0135. The van der Waals surface area contributed by atoms with Crippen molar-refractivity contribution in [1.82, 2.24) is 9.21 Å². The summed E-state index contributed by atoms with van der Waals surface area (Å²) < 4.78 is 33.7. The molecule has 0 aliphatic carbocycles. The van der Waals surface area contributed by atoms with E-state index in [0.29, 0.717) is 45.4 Å². The SMILES string of the molecule is COc1cccc(N2CCN(C(=O)C3CCN(S(=O)(=O)c4ccc5c(c4)CC(C)N5C(C)=O)CC3)CC2)c1. The largest absolute Gasteiger partial charge is 0.497 e. The van der Waals surface area contributed by atoms with Gasteiger partial charge in [0.05, 0.1) is 12.0 Å². The number of methoxy groups -OCH3 is 1. The summed E-state index contributed by atoms with van der Waals surface area (Å²) in [5.41, 5.74) is 2.76. The lowest BCUT2D eigenvalue weighted by Gasteiger charge is -2.39. The summed E-state index contributed by atoms with van der Waals surface area (Å²) in [6.45, 7) is 6.97. The molecule has 9 nitrogen and oxygen atoms in total. The van der Waals surface area contributed by atoms with Gasteiger partial charge in [-0.15, -0.1) is 0 Å². The molecule has 2 saturated heterocycles. The smallest absolute Gasteiger partial charge is 0.243 e. The van der Waals surface area contributed by atoms with Crippen LogP contribution in [0.15, 0.2) is 47.4 Å². The molecule has 3 aliphatic rings. The number of nitrogens with zero attached hydrogens (tertiary/aromatic N) is 4. The van der Waals surface area contributed by atoms with Gasteiger partial charge in [0.1, 0.15) is 5.75 Å². The van der Waals surface area contributed by atoms with Crippen molar-refractivity contribution < 1.29 is 22.7 Å². The van der Waals surface area contributed by atoms with Gasteiger partial charge >= 0.3 is 0 Å². The molecule has 0 bridgehead atoms. The highest BCUT2D eigenvalue weighted by atomic mass is 32.2. The van der Waals surface area contributed by atoms with Crippen LogP contribution in [-0.2, 0) is 26.0 Å². The molecule has 0 spiro atoms. The molecule has 1 atom stereocenters. The highest BCUT2D eigenvalue weighted by Gasteiger charge is 2.36. The van der Waals surface area contributed by atoms with Gasteiger partial charge in [-0.05, 0) is 62.1 Å². The number of sulfonamides is 1. The lowest BCUT2D eigenvalue weighted by atomic mass is 9.96. The second-order valence-corrected chi connectivity index (χ2v) is 12.4. The summed E-state index contributed by atoms with van der Waals surface area (Å²) in [7, 11) is -2.01. The highest BCUT2D eigenvalue weighted by Crippen LogP contribution is 2.35. The van der Waals surface area contributed by atoms with E-state index in [1.54, 1.807) is 30.2 Å². The van der Waals surface area contributed by atoms with E-state index in [4.69, 9.17) is 4.74 Å². The molecule has 2 amide bonds. The summed E-state index contributed by atoms with van der Waals surface area (Å²) in [5, 5.41) is 0. The molecule has 0 aromatic heterocycles. The molecule has 1 unspecified atom stereocenters. The zero-order chi connectivity index (χ0) is 27.0. The number of anilines is 2. The average molecular weight is 541 g/mol. The Hall–Kier alpha value is -3.11. The number of carbonyl (C=O) groups excluding carboxylic acids is 2. The number of benzene rings is 2. The van der Waals surface area contributed by atoms with Crippen molar-refractivity contribution >= 4 is 33.2 Å². The fraction of sp³-hybridized carbons (Fsp3) is 0.500. The van der Waals surface area contributed by atoms with Crippen LogP contribution >= 0.6 is 0 Å². The maximum Gasteiger partial charge on any atom is 0.243 e. The van der Waals surface area contributed by atoms with Crippen molar-refractivity contribution in [2.75, 3.05) is 56.2 Å². The first-order valence-electron chi connectivity index (χ1n) is 13.3. The molecule has 2 aromatic carbocycles. The molecule has 38 heavy (non-hydrogen) atoms. The number of piperazine rings is 1. The molecule has 2 aromatic rings. The fourth-order valence-electron chi connectivity index (χ4n) is 5.99. The fourth-order valence-corrected chi connectivity index (χ4v) is 7.51. The van der Waals surface area contributed by atoms with Crippen LogP contribution < -0.4 is 14.5 Å². The van der Waals surface area contributed by atoms with Gasteiger partial charge in [0.25, 0.3) is 0 Å². The van der Waals surface area contributed by atoms with Crippen molar-refractivity contribution in [2.45, 2.75) is 44.0 Å². The molecule has 3 heterocycles. The molecule has 2 fully saturated rings. The van der Waals surface area contributed by atoms with Gasteiger partial charge in [-0.25, -0.2) is 8.42 Å². The Kier molecular flexibility index (Phi) is 7.37. The third kappa shape index (κ3) is 4.99. The van der Waals surface area contributed by atoms with Gasteiger partial charge in [-0.3, -0.25) is 9.59 Å². The van der Waals surface area contributed by atoms with Gasteiger partial charge in [-0.2, -0.15) is 4.31 Å². The van der Waals surface area contributed by atoms with E-state index in [9.17, 15) is 18.0 Å². The molecule has 10 heteroatoms. The summed E-state index contributed by atoms with van der Waals surface area (Å²) in [6.07, 6.45) is 1.68. The van der Waals surface area contributed by atoms with E-state index in [-0.39, 0.29) is 28.7 Å². The van der Waals surface area contributed by atoms with Crippen molar-refractivity contribution in [2.24, 2.45) is 5.92 Å². The van der Waals surface area contributed by atoms with Crippen LogP contribution in [0.5, 0.6) is 5.75 Å². The van der Waals surface area contributed by atoms with E-state index >= 15 is 0 Å². The molecule has 0 N–H and O–H groups in total. The minimum atomic E-state index is -3.67. The number of hydrogen-bond acceptors (Lipinski definition) is 6. The average Bonchev–Trinajstić information content (AvgIpc) is 3.28. The lowest BCUT2D eigenvalue weighted by molar-refractivity contribution is -0.137. The number of rotatable bonds is 5. The lowest BCUT2D eigenvalue weighted by Crippen LogP contribution is -2.52. The van der Waals surface area contributed by atoms with E-state index in [1.807, 2.05) is 30.0 Å². The second-order valence-electron chi connectivity index (χ2n) is 10.4. The summed E-state index contributed by atoms with van der Waals surface area (Å²) in [4.78, 5) is 31.4. The first-order valence-corrected chi connectivity index (χ1v) is 14.7. The Labute approximate surface area is 225 Å². The first kappa shape index (κ1) is 26.5. The van der Waals surface area contributed by atoms with Gasteiger partial charge in [0.2, 0.25) is 21.8 Å². The number of hydrogen-bond donors (Lipinski definition) is 0. The zero-order valence-electron chi connectivity index (χ0n) is 22.3. The molecular formula is C28H36N4O5S. The standard InChI is InChI=1S/C28H36N4O5S/c1-20-17-23-18-26(7-8-27(23)32(20)21(2)33)38(35,36)31-11-9-22(10-12-31)28(34)30-15-13-29(14-16-30)24-5-4-6-25(19-24)37-3/h4-8,18-20,22H,9-17H2,1-3H3. The molecule has 0 saturated carbocycles. The Bertz CT molecular complexity index is 1310. The Morgan fingerprint density at radius 1 is 0.947 bits per heavy atom. The molecule has 0 radical (unpaired) electrons. The van der Waals surface area contributed by atoms with Crippen LogP contribution in [0.4, 0.5) is 11.4 Å². The minimum Gasteiger partial charge on any atom is -0.497 e. The molecule has 3 aliphatic heterocycles. The predicted molar refractivity (Wildman–Crippen MR) is 146 cm³/mol. The summed E-state index contributed by atoms with van der Waals surface area (Å²) in [5.74, 6) is 0.744. The zero-order valence-corrected chi connectivity index (χ0v) is 23.1. The van der Waals surface area contributed by atoms with Crippen LogP contribution in [0.3, 0.4) is 0 Å². The van der Waals surface area contributed by atoms with Crippen molar-refractivity contribution in [3.63, 3.8) is 0 Å². The highest BCUT2D eigenvalue weighted by molar-refractivity contribution is 7.89. The third-order valence-corrected chi connectivity index (χ3v) is 9.95. The van der Waals surface area contributed by atoms with E-state index in [1.165, 1.54) is 11.2 Å². The number of carbonyl (C=O) groups is 2. The van der Waals surface area contributed by atoms with Crippen LogP contribution in [0, 0.1) is 5.92 Å². The number of amides is 2. The predicted octanol–water partition coefficient (Wildman–Crippen LogP) is 2.74. The van der Waals surface area contributed by atoms with Gasteiger partial charge in [0.15, 0.2) is 0 Å². The quantitative estimate of drug-likeness (QED) is 0.580. The summed E-state index contributed by atoms with van der Waals surface area (Å²) >= 11 is 0. The molecular weight excluding hydrogens is 504 g/mol. The topological polar surface area (TPSA) is 90.5 Å². The second kappa shape index (κ2) is 10.6. The van der Waals surface area contributed by atoms with E-state index in [0.717, 1.165) is 35.8 Å². The Morgan fingerprint density at radius 3 is 2.32 bits per heavy atom.